The average molecular weight is 213 g/mol. The zero-order valence-corrected chi connectivity index (χ0v) is 9.96. The predicted octanol–water partition coefficient (Wildman–Crippen LogP) is 1.13. The number of carbonyl (C=O) groups excluding carboxylic acids is 1. The Morgan fingerprint density at radius 2 is 1.87 bits per heavy atom. The van der Waals surface area contributed by atoms with Crippen molar-refractivity contribution in [3.63, 3.8) is 0 Å². The number of urea groups is 1. The normalized spacial score (nSPS) is 16.1. The fraction of sp³-hybridized carbons (Fsp3) is 0.909. The predicted molar refractivity (Wildman–Crippen MR) is 62.0 cm³/mol. The van der Waals surface area contributed by atoms with E-state index >= 15 is 0 Å². The molecule has 0 radical (unpaired) electrons. The molecule has 0 atom stereocenters. The van der Waals surface area contributed by atoms with Gasteiger partial charge < -0.3 is 15.1 Å². The molecular formula is C11H23N3O. The Balaban J connectivity index is 2.10. The number of likely N-dealkylation sites (tertiary alicyclic amines) is 1. The monoisotopic (exact) mass is 213 g/mol. The molecule has 15 heavy (non-hydrogen) atoms. The molecule has 0 spiro atoms. The van der Waals surface area contributed by atoms with Crippen molar-refractivity contribution in [3.8, 4) is 0 Å². The maximum atomic E-state index is 11.6. The zero-order chi connectivity index (χ0) is 11.1. The number of nitrogens with zero attached hydrogens (tertiary/aromatic N) is 2. The third kappa shape index (κ3) is 4.08. The van der Waals surface area contributed by atoms with E-state index in [2.05, 4.69) is 24.1 Å². The van der Waals surface area contributed by atoms with Crippen LogP contribution in [0.25, 0.3) is 0 Å². The standard InChI is InChI=1S/C11H23N3O/c1-3-13(4-2)10-7-12-11(15)14-8-5-6-9-14/h3-10H2,1-2H3,(H,12,15). The van der Waals surface area contributed by atoms with E-state index in [9.17, 15) is 4.79 Å². The first-order valence-corrected chi connectivity index (χ1v) is 6.03. The second-order valence-electron chi connectivity index (χ2n) is 3.95. The van der Waals surface area contributed by atoms with Crippen molar-refractivity contribution in [2.24, 2.45) is 0 Å². The van der Waals surface area contributed by atoms with Gasteiger partial charge in [-0.25, -0.2) is 4.79 Å². The summed E-state index contributed by atoms with van der Waals surface area (Å²) in [6, 6.07) is 0.111. The summed E-state index contributed by atoms with van der Waals surface area (Å²) in [5.41, 5.74) is 0. The molecule has 4 heteroatoms. The molecule has 1 saturated heterocycles. The quantitative estimate of drug-likeness (QED) is 0.743. The van der Waals surface area contributed by atoms with Crippen molar-refractivity contribution in [1.29, 1.82) is 0 Å². The fourth-order valence-corrected chi connectivity index (χ4v) is 1.89. The van der Waals surface area contributed by atoms with Crippen molar-refractivity contribution in [1.82, 2.24) is 15.1 Å². The highest BCUT2D eigenvalue weighted by Gasteiger charge is 2.16. The number of hydrogen-bond donors (Lipinski definition) is 1. The van der Waals surface area contributed by atoms with E-state index in [0.717, 1.165) is 52.1 Å². The summed E-state index contributed by atoms with van der Waals surface area (Å²) in [5.74, 6) is 0. The number of carbonyl (C=O) groups is 1. The number of rotatable bonds is 5. The minimum Gasteiger partial charge on any atom is -0.337 e. The zero-order valence-electron chi connectivity index (χ0n) is 9.96. The Kier molecular flexibility index (Phi) is 5.47. The maximum Gasteiger partial charge on any atom is 0.317 e. The van der Waals surface area contributed by atoms with E-state index in [1.54, 1.807) is 0 Å². The SMILES string of the molecule is CCN(CC)CCNC(=O)N1CCCC1. The van der Waals surface area contributed by atoms with Crippen LogP contribution in [0.3, 0.4) is 0 Å². The molecule has 0 aliphatic carbocycles. The van der Waals surface area contributed by atoms with Crippen molar-refractivity contribution in [3.05, 3.63) is 0 Å². The van der Waals surface area contributed by atoms with Crippen molar-refractivity contribution in [2.45, 2.75) is 26.7 Å². The lowest BCUT2D eigenvalue weighted by Crippen LogP contribution is -2.41. The van der Waals surface area contributed by atoms with Crippen LogP contribution in [0.5, 0.6) is 0 Å². The Morgan fingerprint density at radius 3 is 2.40 bits per heavy atom. The number of amides is 2. The summed E-state index contributed by atoms with van der Waals surface area (Å²) in [4.78, 5) is 15.8. The van der Waals surface area contributed by atoms with Crippen molar-refractivity contribution >= 4 is 6.03 Å². The molecule has 1 rings (SSSR count). The molecule has 1 N–H and O–H groups in total. The summed E-state index contributed by atoms with van der Waals surface area (Å²) < 4.78 is 0. The largest absolute Gasteiger partial charge is 0.337 e. The first kappa shape index (κ1) is 12.3. The van der Waals surface area contributed by atoms with Gasteiger partial charge in [0.05, 0.1) is 0 Å². The molecule has 0 aromatic rings. The third-order valence-corrected chi connectivity index (χ3v) is 2.99. The van der Waals surface area contributed by atoms with Crippen LogP contribution in [-0.2, 0) is 0 Å². The minimum absolute atomic E-state index is 0.111. The number of nitrogens with one attached hydrogen (secondary N) is 1. The van der Waals surface area contributed by atoms with Gasteiger partial charge in [-0.1, -0.05) is 13.8 Å². The first-order chi connectivity index (χ1) is 7.27. The Morgan fingerprint density at radius 1 is 1.27 bits per heavy atom. The highest BCUT2D eigenvalue weighted by molar-refractivity contribution is 5.74. The Bertz CT molecular complexity index is 186. The van der Waals surface area contributed by atoms with Crippen LogP contribution in [0.1, 0.15) is 26.7 Å². The van der Waals surface area contributed by atoms with Crippen LogP contribution < -0.4 is 5.32 Å². The molecular weight excluding hydrogens is 190 g/mol. The molecule has 1 heterocycles. The second-order valence-corrected chi connectivity index (χ2v) is 3.95. The minimum atomic E-state index is 0.111. The van der Waals surface area contributed by atoms with Gasteiger partial charge in [-0.3, -0.25) is 0 Å². The molecule has 1 aliphatic heterocycles. The summed E-state index contributed by atoms with van der Waals surface area (Å²) in [6.07, 6.45) is 2.31. The van der Waals surface area contributed by atoms with Crippen LogP contribution in [0.2, 0.25) is 0 Å². The average Bonchev–Trinajstić information content (AvgIpc) is 2.77. The summed E-state index contributed by atoms with van der Waals surface area (Å²) in [7, 11) is 0. The lowest BCUT2D eigenvalue weighted by Gasteiger charge is -2.20. The van der Waals surface area contributed by atoms with E-state index in [4.69, 9.17) is 0 Å². The molecule has 88 valence electrons. The molecule has 4 nitrogen and oxygen atoms in total. The summed E-state index contributed by atoms with van der Waals surface area (Å²) in [6.45, 7) is 9.96. The van der Waals surface area contributed by atoms with E-state index in [1.807, 2.05) is 4.90 Å². The van der Waals surface area contributed by atoms with Crippen molar-refractivity contribution in [2.75, 3.05) is 39.3 Å². The van der Waals surface area contributed by atoms with Crippen molar-refractivity contribution < 1.29 is 4.79 Å². The van der Waals surface area contributed by atoms with Gasteiger partial charge in [0.2, 0.25) is 0 Å². The lowest BCUT2D eigenvalue weighted by atomic mass is 10.4. The molecule has 2 amide bonds. The molecule has 1 fully saturated rings. The molecule has 0 aromatic carbocycles. The first-order valence-electron chi connectivity index (χ1n) is 6.03. The van der Waals surface area contributed by atoms with Gasteiger partial charge in [0, 0.05) is 26.2 Å². The molecule has 0 bridgehead atoms. The lowest BCUT2D eigenvalue weighted by molar-refractivity contribution is 0.206. The van der Waals surface area contributed by atoms with Crippen LogP contribution in [-0.4, -0.2) is 55.1 Å². The van der Waals surface area contributed by atoms with E-state index in [0.29, 0.717) is 0 Å². The molecule has 0 aromatic heterocycles. The highest BCUT2D eigenvalue weighted by Crippen LogP contribution is 2.06. The smallest absolute Gasteiger partial charge is 0.317 e. The second kappa shape index (κ2) is 6.67. The number of likely N-dealkylation sites (N-methyl/N-ethyl adjacent to an activating group) is 1. The summed E-state index contributed by atoms with van der Waals surface area (Å²) in [5, 5.41) is 2.97. The molecule has 0 saturated carbocycles. The summed E-state index contributed by atoms with van der Waals surface area (Å²) >= 11 is 0. The molecule has 0 unspecified atom stereocenters. The van der Waals surface area contributed by atoms with Crippen LogP contribution in [0, 0.1) is 0 Å². The maximum absolute atomic E-state index is 11.6. The Hall–Kier alpha value is -0.770. The van der Waals surface area contributed by atoms with Gasteiger partial charge in [0.1, 0.15) is 0 Å². The van der Waals surface area contributed by atoms with Gasteiger partial charge >= 0.3 is 6.03 Å². The van der Waals surface area contributed by atoms with Crippen LogP contribution >= 0.6 is 0 Å². The third-order valence-electron chi connectivity index (χ3n) is 2.99. The highest BCUT2D eigenvalue weighted by atomic mass is 16.2. The molecule has 1 aliphatic rings. The van der Waals surface area contributed by atoms with E-state index in [-0.39, 0.29) is 6.03 Å². The van der Waals surface area contributed by atoms with E-state index in [1.165, 1.54) is 0 Å². The van der Waals surface area contributed by atoms with Gasteiger partial charge in [0.15, 0.2) is 0 Å². The van der Waals surface area contributed by atoms with Gasteiger partial charge in [-0.05, 0) is 25.9 Å². The topological polar surface area (TPSA) is 35.6 Å². The van der Waals surface area contributed by atoms with Crippen LogP contribution in [0.15, 0.2) is 0 Å². The Labute approximate surface area is 92.6 Å². The van der Waals surface area contributed by atoms with Crippen LogP contribution in [0.4, 0.5) is 4.79 Å². The van der Waals surface area contributed by atoms with Gasteiger partial charge in [-0.15, -0.1) is 0 Å². The number of hydrogen-bond acceptors (Lipinski definition) is 2. The van der Waals surface area contributed by atoms with Gasteiger partial charge in [0.25, 0.3) is 0 Å². The van der Waals surface area contributed by atoms with E-state index < -0.39 is 0 Å². The fourth-order valence-electron chi connectivity index (χ4n) is 1.89. The van der Waals surface area contributed by atoms with Gasteiger partial charge in [-0.2, -0.15) is 0 Å².